The summed E-state index contributed by atoms with van der Waals surface area (Å²) < 4.78 is 0. The van der Waals surface area contributed by atoms with E-state index in [9.17, 15) is 4.79 Å². The summed E-state index contributed by atoms with van der Waals surface area (Å²) in [6.07, 6.45) is 2.70. The number of anilines is 1. The Morgan fingerprint density at radius 1 is 1.42 bits per heavy atom. The van der Waals surface area contributed by atoms with Crippen molar-refractivity contribution in [3.05, 3.63) is 46.3 Å². The number of nitrogens with one attached hydrogen (secondary N) is 2. The lowest BCUT2D eigenvalue weighted by molar-refractivity contribution is 0.102. The third-order valence-electron chi connectivity index (χ3n) is 2.96. The molecule has 0 spiro atoms. The first-order valence-electron chi connectivity index (χ1n) is 6.08. The monoisotopic (exact) mass is 271 g/mol. The first-order valence-corrected chi connectivity index (χ1v) is 6.96. The van der Waals surface area contributed by atoms with Crippen LogP contribution in [-0.4, -0.2) is 16.1 Å². The molecule has 4 nitrogen and oxygen atoms in total. The molecule has 96 valence electrons. The molecule has 3 aromatic rings. The Morgan fingerprint density at radius 3 is 3.11 bits per heavy atom. The van der Waals surface area contributed by atoms with Crippen molar-refractivity contribution in [1.29, 1.82) is 0 Å². The van der Waals surface area contributed by atoms with E-state index >= 15 is 0 Å². The number of thiophene rings is 1. The van der Waals surface area contributed by atoms with E-state index in [2.05, 4.69) is 22.4 Å². The molecule has 0 bridgehead atoms. The SMILES string of the molecule is CCc1cc(C(=O)Nc2ccc3[nH]ncc3c2)cs1. The van der Waals surface area contributed by atoms with Crippen molar-refractivity contribution in [2.75, 3.05) is 5.32 Å². The van der Waals surface area contributed by atoms with Gasteiger partial charge in [0.1, 0.15) is 0 Å². The van der Waals surface area contributed by atoms with Gasteiger partial charge in [-0.05, 0) is 30.7 Å². The van der Waals surface area contributed by atoms with Crippen molar-refractivity contribution in [2.24, 2.45) is 0 Å². The predicted molar refractivity (Wildman–Crippen MR) is 77.7 cm³/mol. The van der Waals surface area contributed by atoms with Gasteiger partial charge in [-0.3, -0.25) is 9.89 Å². The maximum absolute atomic E-state index is 12.1. The summed E-state index contributed by atoms with van der Waals surface area (Å²) >= 11 is 1.62. The molecule has 2 aromatic heterocycles. The van der Waals surface area contributed by atoms with Crippen LogP contribution in [0.15, 0.2) is 35.8 Å². The predicted octanol–water partition coefficient (Wildman–Crippen LogP) is 3.44. The van der Waals surface area contributed by atoms with Gasteiger partial charge in [0.25, 0.3) is 5.91 Å². The van der Waals surface area contributed by atoms with Crippen molar-refractivity contribution in [3.63, 3.8) is 0 Å². The maximum Gasteiger partial charge on any atom is 0.256 e. The molecule has 2 heterocycles. The Kier molecular flexibility index (Phi) is 3.05. The molecule has 0 saturated heterocycles. The zero-order valence-corrected chi connectivity index (χ0v) is 11.3. The first-order chi connectivity index (χ1) is 9.26. The number of aromatic amines is 1. The summed E-state index contributed by atoms with van der Waals surface area (Å²) in [6, 6.07) is 7.62. The van der Waals surface area contributed by atoms with Crippen molar-refractivity contribution in [2.45, 2.75) is 13.3 Å². The molecule has 0 aliphatic heterocycles. The van der Waals surface area contributed by atoms with E-state index in [0.717, 1.165) is 23.0 Å². The molecule has 0 atom stereocenters. The normalized spacial score (nSPS) is 10.8. The average molecular weight is 271 g/mol. The van der Waals surface area contributed by atoms with Gasteiger partial charge in [0.05, 0.1) is 17.3 Å². The molecule has 0 radical (unpaired) electrons. The van der Waals surface area contributed by atoms with Crippen LogP contribution >= 0.6 is 11.3 Å². The number of nitrogens with zero attached hydrogens (tertiary/aromatic N) is 1. The number of amides is 1. The maximum atomic E-state index is 12.1. The van der Waals surface area contributed by atoms with Gasteiger partial charge in [-0.25, -0.2) is 0 Å². The molecule has 5 heteroatoms. The highest BCUT2D eigenvalue weighted by molar-refractivity contribution is 7.10. The number of rotatable bonds is 3. The van der Waals surface area contributed by atoms with Crippen molar-refractivity contribution >= 4 is 33.8 Å². The minimum Gasteiger partial charge on any atom is -0.322 e. The second-order valence-electron chi connectivity index (χ2n) is 4.28. The Labute approximate surface area is 114 Å². The van der Waals surface area contributed by atoms with Crippen LogP contribution in [0.1, 0.15) is 22.2 Å². The Hall–Kier alpha value is -2.14. The fraction of sp³-hybridized carbons (Fsp3) is 0.143. The smallest absolute Gasteiger partial charge is 0.256 e. The van der Waals surface area contributed by atoms with Crippen LogP contribution < -0.4 is 5.32 Å². The van der Waals surface area contributed by atoms with Gasteiger partial charge in [-0.15, -0.1) is 11.3 Å². The van der Waals surface area contributed by atoms with Crippen LogP contribution in [0.3, 0.4) is 0 Å². The first kappa shape index (κ1) is 11.9. The second-order valence-corrected chi connectivity index (χ2v) is 5.28. The van der Waals surface area contributed by atoms with Gasteiger partial charge in [0, 0.05) is 21.3 Å². The van der Waals surface area contributed by atoms with Gasteiger partial charge in [0.15, 0.2) is 0 Å². The fourth-order valence-corrected chi connectivity index (χ4v) is 2.72. The minimum atomic E-state index is -0.0706. The van der Waals surface area contributed by atoms with Crippen LogP contribution in [0, 0.1) is 0 Å². The third kappa shape index (κ3) is 2.37. The van der Waals surface area contributed by atoms with Crippen molar-refractivity contribution in [1.82, 2.24) is 10.2 Å². The summed E-state index contributed by atoms with van der Waals surface area (Å²) in [5.74, 6) is -0.0706. The lowest BCUT2D eigenvalue weighted by Gasteiger charge is -2.03. The Balaban J connectivity index is 1.81. The molecule has 0 saturated carbocycles. The van der Waals surface area contributed by atoms with E-state index in [1.54, 1.807) is 17.5 Å². The van der Waals surface area contributed by atoms with E-state index in [0.29, 0.717) is 5.56 Å². The van der Waals surface area contributed by atoms with Crippen LogP contribution in [0.4, 0.5) is 5.69 Å². The minimum absolute atomic E-state index is 0.0706. The number of carbonyl (C=O) groups is 1. The standard InChI is InChI=1S/C14H13N3OS/c1-2-12-6-10(8-19-12)14(18)16-11-3-4-13-9(5-11)7-15-17-13/h3-8H,2H2,1H3,(H,15,17)(H,16,18). The molecule has 1 amide bonds. The lowest BCUT2D eigenvalue weighted by Crippen LogP contribution is -2.10. The van der Waals surface area contributed by atoms with Gasteiger partial charge >= 0.3 is 0 Å². The summed E-state index contributed by atoms with van der Waals surface area (Å²) in [7, 11) is 0. The van der Waals surface area contributed by atoms with E-state index in [4.69, 9.17) is 0 Å². The van der Waals surface area contributed by atoms with Crippen LogP contribution in [0.25, 0.3) is 10.9 Å². The summed E-state index contributed by atoms with van der Waals surface area (Å²) in [4.78, 5) is 13.3. The van der Waals surface area contributed by atoms with Gasteiger partial charge in [0.2, 0.25) is 0 Å². The van der Waals surface area contributed by atoms with Gasteiger partial charge in [-0.1, -0.05) is 6.92 Å². The Morgan fingerprint density at radius 2 is 2.32 bits per heavy atom. The molecule has 19 heavy (non-hydrogen) atoms. The topological polar surface area (TPSA) is 57.8 Å². The number of H-pyrrole nitrogens is 1. The molecule has 0 aliphatic rings. The number of benzene rings is 1. The quantitative estimate of drug-likeness (QED) is 0.766. The van der Waals surface area contributed by atoms with Gasteiger partial charge in [-0.2, -0.15) is 5.10 Å². The molecular weight excluding hydrogens is 258 g/mol. The zero-order chi connectivity index (χ0) is 13.2. The second kappa shape index (κ2) is 4.85. The van der Waals surface area contributed by atoms with Crippen LogP contribution in [0.5, 0.6) is 0 Å². The number of aryl methyl sites for hydroxylation is 1. The van der Waals surface area contributed by atoms with Gasteiger partial charge < -0.3 is 5.32 Å². The molecule has 0 aliphatic carbocycles. The number of fused-ring (bicyclic) bond motifs is 1. The average Bonchev–Trinajstić information content (AvgIpc) is 3.06. The Bertz CT molecular complexity index is 729. The summed E-state index contributed by atoms with van der Waals surface area (Å²) in [6.45, 7) is 2.08. The molecule has 3 rings (SSSR count). The number of carbonyl (C=O) groups excluding carboxylic acids is 1. The molecule has 1 aromatic carbocycles. The largest absolute Gasteiger partial charge is 0.322 e. The molecular formula is C14H13N3OS. The number of hydrogen-bond acceptors (Lipinski definition) is 3. The van der Waals surface area contributed by atoms with Crippen LogP contribution in [0.2, 0.25) is 0 Å². The zero-order valence-electron chi connectivity index (χ0n) is 10.4. The third-order valence-corrected chi connectivity index (χ3v) is 4.04. The van der Waals surface area contributed by atoms with E-state index in [1.165, 1.54) is 4.88 Å². The molecule has 0 unspecified atom stereocenters. The molecule has 0 fully saturated rings. The number of hydrogen-bond donors (Lipinski definition) is 2. The van der Waals surface area contributed by atoms with Crippen molar-refractivity contribution in [3.8, 4) is 0 Å². The van der Waals surface area contributed by atoms with E-state index < -0.39 is 0 Å². The van der Waals surface area contributed by atoms with Crippen LogP contribution in [-0.2, 0) is 6.42 Å². The highest BCUT2D eigenvalue weighted by atomic mass is 32.1. The van der Waals surface area contributed by atoms with E-state index in [1.807, 2.05) is 29.6 Å². The van der Waals surface area contributed by atoms with Crippen molar-refractivity contribution < 1.29 is 4.79 Å². The highest BCUT2D eigenvalue weighted by Gasteiger charge is 2.09. The lowest BCUT2D eigenvalue weighted by atomic mass is 10.2. The summed E-state index contributed by atoms with van der Waals surface area (Å²) in [5.41, 5.74) is 2.46. The molecule has 2 N–H and O–H groups in total. The highest BCUT2D eigenvalue weighted by Crippen LogP contribution is 2.19. The number of aromatic nitrogens is 2. The van der Waals surface area contributed by atoms with E-state index in [-0.39, 0.29) is 5.91 Å². The summed E-state index contributed by atoms with van der Waals surface area (Å²) in [5, 5.41) is 12.6. The fourth-order valence-electron chi connectivity index (χ4n) is 1.91.